The first-order chi connectivity index (χ1) is 19.3. The van der Waals surface area contributed by atoms with Crippen molar-refractivity contribution < 1.29 is 27.0 Å². The molecule has 0 radical (unpaired) electrons. The van der Waals surface area contributed by atoms with Gasteiger partial charge < -0.3 is 19.1 Å². The standard InChI is InChI=1S/C26H28FN7O5S/c1-37-19-10-20(15-33(14-19)26-29-12-18(27)13-30-26)40(35,36)16-23-31-32-25(17-6-5-9-28-11-17)34(23)24-21(38-2)7-4-8-22(24)39-3/h4-9,11-13,19-20H,10,14-16H2,1-3H3/t19-,20+/m0/s1. The van der Waals surface area contributed by atoms with Crippen LogP contribution in [-0.4, -0.2) is 83.9 Å². The SMILES string of the molecule is COc1cccc(OC)c1-n1c(CS(=O)(=O)[C@@H]2C[C@H](OC)CN(c3ncc(F)cn3)C2)nnc1-c1cccnc1. The van der Waals surface area contributed by atoms with E-state index in [9.17, 15) is 12.8 Å². The van der Waals surface area contributed by atoms with Crippen molar-refractivity contribution in [3.05, 3.63) is 66.8 Å². The largest absolute Gasteiger partial charge is 0.494 e. The Morgan fingerprint density at radius 1 is 0.975 bits per heavy atom. The topological polar surface area (TPSA) is 134 Å². The smallest absolute Gasteiger partial charge is 0.225 e. The van der Waals surface area contributed by atoms with Crippen LogP contribution in [0.3, 0.4) is 0 Å². The fourth-order valence-electron chi connectivity index (χ4n) is 4.75. The van der Waals surface area contributed by atoms with Crippen LogP contribution in [-0.2, 0) is 20.3 Å². The predicted molar refractivity (Wildman–Crippen MR) is 144 cm³/mol. The van der Waals surface area contributed by atoms with Crippen molar-refractivity contribution in [1.82, 2.24) is 29.7 Å². The van der Waals surface area contributed by atoms with Gasteiger partial charge in [0.2, 0.25) is 5.95 Å². The fraction of sp³-hybridized carbons (Fsp3) is 0.346. The highest BCUT2D eigenvalue weighted by Crippen LogP contribution is 2.37. The molecule has 0 spiro atoms. The number of nitrogens with zero attached hydrogens (tertiary/aromatic N) is 7. The number of pyridine rings is 1. The molecule has 1 aliphatic rings. The van der Waals surface area contributed by atoms with E-state index in [-0.39, 0.29) is 24.7 Å². The molecule has 1 saturated heterocycles. The second-order valence-electron chi connectivity index (χ2n) is 9.16. The summed E-state index contributed by atoms with van der Waals surface area (Å²) in [6.07, 6.45) is 5.20. The van der Waals surface area contributed by atoms with Crippen LogP contribution in [0.5, 0.6) is 11.5 Å². The quantitative estimate of drug-likeness (QED) is 0.294. The number of halogens is 1. The lowest BCUT2D eigenvalue weighted by atomic mass is 10.1. The van der Waals surface area contributed by atoms with Gasteiger partial charge in [-0.3, -0.25) is 9.55 Å². The number of anilines is 1. The molecule has 0 saturated carbocycles. The van der Waals surface area contributed by atoms with E-state index in [1.165, 1.54) is 21.3 Å². The van der Waals surface area contributed by atoms with Gasteiger partial charge in [0.1, 0.15) is 22.9 Å². The van der Waals surface area contributed by atoms with Gasteiger partial charge in [0.05, 0.1) is 38.0 Å². The van der Waals surface area contributed by atoms with Crippen LogP contribution in [0, 0.1) is 5.82 Å². The molecule has 0 bridgehead atoms. The summed E-state index contributed by atoms with van der Waals surface area (Å²) in [4.78, 5) is 13.9. The molecule has 4 heterocycles. The molecule has 0 amide bonds. The first-order valence-corrected chi connectivity index (χ1v) is 14.1. The minimum Gasteiger partial charge on any atom is -0.494 e. The Kier molecular flexibility index (Phi) is 7.89. The number of benzene rings is 1. The van der Waals surface area contributed by atoms with E-state index < -0.39 is 32.8 Å². The molecule has 0 aliphatic carbocycles. The second kappa shape index (κ2) is 11.5. The number of hydrogen-bond donors (Lipinski definition) is 0. The van der Waals surface area contributed by atoms with Gasteiger partial charge in [0.15, 0.2) is 27.3 Å². The number of para-hydroxylation sites is 1. The molecule has 1 fully saturated rings. The van der Waals surface area contributed by atoms with Gasteiger partial charge in [-0.15, -0.1) is 10.2 Å². The van der Waals surface area contributed by atoms with Crippen molar-refractivity contribution in [2.75, 3.05) is 39.3 Å². The molecule has 4 aromatic rings. The van der Waals surface area contributed by atoms with Crippen molar-refractivity contribution in [3.63, 3.8) is 0 Å². The van der Waals surface area contributed by atoms with Crippen LogP contribution in [0.1, 0.15) is 12.2 Å². The van der Waals surface area contributed by atoms with Crippen molar-refractivity contribution in [2.45, 2.75) is 23.5 Å². The summed E-state index contributed by atoms with van der Waals surface area (Å²) < 4.78 is 59.7. The molecule has 2 atom stereocenters. The lowest BCUT2D eigenvalue weighted by Gasteiger charge is -2.36. The molecule has 210 valence electrons. The predicted octanol–water partition coefficient (Wildman–Crippen LogP) is 2.48. The van der Waals surface area contributed by atoms with Gasteiger partial charge in [-0.1, -0.05) is 6.07 Å². The number of sulfone groups is 1. The summed E-state index contributed by atoms with van der Waals surface area (Å²) in [7, 11) is 0.714. The Hall–Kier alpha value is -4.17. The van der Waals surface area contributed by atoms with E-state index in [2.05, 4.69) is 25.1 Å². The maximum atomic E-state index is 13.9. The molecule has 0 N–H and O–H groups in total. The van der Waals surface area contributed by atoms with Gasteiger partial charge in [-0.05, 0) is 30.7 Å². The third kappa shape index (κ3) is 5.45. The third-order valence-electron chi connectivity index (χ3n) is 6.71. The molecule has 1 aliphatic heterocycles. The average molecular weight is 570 g/mol. The Balaban J connectivity index is 1.56. The van der Waals surface area contributed by atoms with Crippen LogP contribution < -0.4 is 14.4 Å². The van der Waals surface area contributed by atoms with Crippen molar-refractivity contribution >= 4 is 15.8 Å². The number of methoxy groups -OCH3 is 3. The number of aromatic nitrogens is 6. The third-order valence-corrected chi connectivity index (χ3v) is 8.73. The van der Waals surface area contributed by atoms with Crippen LogP contribution in [0.2, 0.25) is 0 Å². The fourth-order valence-corrected chi connectivity index (χ4v) is 6.45. The highest BCUT2D eigenvalue weighted by atomic mass is 32.2. The summed E-state index contributed by atoms with van der Waals surface area (Å²) in [5, 5.41) is 7.82. The maximum absolute atomic E-state index is 13.9. The lowest BCUT2D eigenvalue weighted by Crippen LogP contribution is -2.50. The highest BCUT2D eigenvalue weighted by molar-refractivity contribution is 7.91. The highest BCUT2D eigenvalue weighted by Gasteiger charge is 2.38. The Morgan fingerprint density at radius 3 is 2.33 bits per heavy atom. The van der Waals surface area contributed by atoms with Gasteiger partial charge in [0.25, 0.3) is 0 Å². The van der Waals surface area contributed by atoms with E-state index in [0.29, 0.717) is 35.1 Å². The van der Waals surface area contributed by atoms with E-state index in [1.54, 1.807) is 52.2 Å². The van der Waals surface area contributed by atoms with Gasteiger partial charge in [-0.2, -0.15) is 0 Å². The summed E-state index contributed by atoms with van der Waals surface area (Å²) in [5.41, 5.74) is 1.09. The van der Waals surface area contributed by atoms with Crippen molar-refractivity contribution in [3.8, 4) is 28.6 Å². The lowest BCUT2D eigenvalue weighted by molar-refractivity contribution is 0.0897. The molecule has 5 rings (SSSR count). The minimum atomic E-state index is -3.84. The Bertz CT molecular complexity index is 1550. The number of rotatable bonds is 9. The average Bonchev–Trinajstić information content (AvgIpc) is 3.39. The zero-order valence-corrected chi connectivity index (χ0v) is 23.0. The first kappa shape index (κ1) is 27.4. The molecule has 3 aromatic heterocycles. The molecular weight excluding hydrogens is 541 g/mol. The second-order valence-corrected chi connectivity index (χ2v) is 11.4. The van der Waals surface area contributed by atoms with Crippen molar-refractivity contribution in [1.29, 1.82) is 0 Å². The number of hydrogen-bond acceptors (Lipinski definition) is 11. The monoisotopic (exact) mass is 569 g/mol. The molecule has 0 unspecified atom stereocenters. The van der Waals surface area contributed by atoms with Gasteiger partial charge >= 0.3 is 0 Å². The normalized spacial score (nSPS) is 17.6. The minimum absolute atomic E-state index is 0.107. The van der Waals surface area contributed by atoms with E-state index in [4.69, 9.17) is 14.2 Å². The Morgan fingerprint density at radius 2 is 1.70 bits per heavy atom. The van der Waals surface area contributed by atoms with Crippen LogP contribution >= 0.6 is 0 Å². The molecule has 14 heteroatoms. The van der Waals surface area contributed by atoms with Crippen LogP contribution in [0.25, 0.3) is 17.1 Å². The van der Waals surface area contributed by atoms with E-state index in [0.717, 1.165) is 12.4 Å². The van der Waals surface area contributed by atoms with E-state index >= 15 is 0 Å². The van der Waals surface area contributed by atoms with Crippen molar-refractivity contribution in [2.24, 2.45) is 0 Å². The summed E-state index contributed by atoms with van der Waals surface area (Å²) in [6, 6.07) is 8.81. The zero-order valence-electron chi connectivity index (χ0n) is 22.1. The molecule has 12 nitrogen and oxygen atoms in total. The van der Waals surface area contributed by atoms with E-state index in [1.807, 2.05) is 0 Å². The maximum Gasteiger partial charge on any atom is 0.225 e. The van der Waals surface area contributed by atoms with Crippen LogP contribution in [0.4, 0.5) is 10.3 Å². The molecule has 40 heavy (non-hydrogen) atoms. The van der Waals surface area contributed by atoms with Gasteiger partial charge in [0, 0.05) is 38.2 Å². The number of piperidine rings is 1. The van der Waals surface area contributed by atoms with Gasteiger partial charge in [-0.25, -0.2) is 22.8 Å². The number of ether oxygens (including phenoxy) is 3. The first-order valence-electron chi connectivity index (χ1n) is 12.4. The van der Waals surface area contributed by atoms with Crippen LogP contribution in [0.15, 0.2) is 55.1 Å². The molecule has 1 aromatic carbocycles. The summed E-state index contributed by atoms with van der Waals surface area (Å²) in [5.74, 6) is 0.652. The zero-order chi connectivity index (χ0) is 28.3. The Labute approximate surface area is 230 Å². The summed E-state index contributed by atoms with van der Waals surface area (Å²) >= 11 is 0. The molecular formula is C26H28FN7O5S. The summed E-state index contributed by atoms with van der Waals surface area (Å²) in [6.45, 7) is 0.476.